The van der Waals surface area contributed by atoms with Gasteiger partial charge in [0, 0.05) is 18.9 Å². The normalized spacial score (nSPS) is 12.2. The summed E-state index contributed by atoms with van der Waals surface area (Å²) in [5.41, 5.74) is 1.81. The third-order valence-electron chi connectivity index (χ3n) is 6.23. The Labute approximate surface area is 219 Å². The third-order valence-corrected chi connectivity index (χ3v) is 6.23. The smallest absolute Gasteiger partial charge is 0.331 e. The number of benzene rings is 1. The second-order valence-corrected chi connectivity index (χ2v) is 9.53. The molecule has 0 saturated heterocycles. The highest BCUT2D eigenvalue weighted by molar-refractivity contribution is 5.87. The van der Waals surface area contributed by atoms with Gasteiger partial charge in [-0.15, -0.1) is 0 Å². The molecule has 5 nitrogen and oxygen atoms in total. The Balaban J connectivity index is 2.55. The van der Waals surface area contributed by atoms with Crippen molar-refractivity contribution in [2.75, 3.05) is 14.2 Å². The Morgan fingerprint density at radius 2 is 1.64 bits per heavy atom. The number of ether oxygens (including phenoxy) is 3. The summed E-state index contributed by atoms with van der Waals surface area (Å²) >= 11 is 0. The third kappa shape index (κ3) is 14.1. The van der Waals surface area contributed by atoms with Gasteiger partial charge in [0.2, 0.25) is 0 Å². The van der Waals surface area contributed by atoms with E-state index in [-0.39, 0.29) is 17.9 Å². The standard InChI is InChI=1S/C31H48O5/c1-6-7-8-16-19-28(20-17-14-12-10-9-11-13-15-18-26(3)32)36-30(33)22-21-27-23-25(2)31(35-5)29(24-27)34-4/h14,17,21-24,28H,6-13,15-16,18-20H2,1-5H3/b17-14-,22-21+. The number of hydrogen-bond acceptors (Lipinski definition) is 5. The summed E-state index contributed by atoms with van der Waals surface area (Å²) in [6.45, 7) is 5.81. The Morgan fingerprint density at radius 1 is 0.917 bits per heavy atom. The molecule has 1 aromatic carbocycles. The fourth-order valence-electron chi connectivity index (χ4n) is 4.20. The van der Waals surface area contributed by atoms with E-state index in [0.29, 0.717) is 17.9 Å². The van der Waals surface area contributed by atoms with Gasteiger partial charge in [0.1, 0.15) is 11.9 Å². The van der Waals surface area contributed by atoms with Crippen molar-refractivity contribution in [3.8, 4) is 11.5 Å². The molecule has 36 heavy (non-hydrogen) atoms. The van der Waals surface area contributed by atoms with Crippen molar-refractivity contribution < 1.29 is 23.8 Å². The van der Waals surface area contributed by atoms with Crippen LogP contribution >= 0.6 is 0 Å². The minimum atomic E-state index is -0.318. The number of Topliss-reactive ketones (excluding diaryl/α,β-unsaturated/α-hetero) is 1. The van der Waals surface area contributed by atoms with Crippen LogP contribution in [0.25, 0.3) is 6.08 Å². The van der Waals surface area contributed by atoms with E-state index in [4.69, 9.17) is 14.2 Å². The summed E-state index contributed by atoms with van der Waals surface area (Å²) in [4.78, 5) is 23.5. The largest absolute Gasteiger partial charge is 0.493 e. The molecule has 1 unspecified atom stereocenters. The maximum Gasteiger partial charge on any atom is 0.331 e. The van der Waals surface area contributed by atoms with Crippen molar-refractivity contribution in [1.82, 2.24) is 0 Å². The van der Waals surface area contributed by atoms with Gasteiger partial charge in [0.15, 0.2) is 11.5 Å². The minimum absolute atomic E-state index is 0.103. The van der Waals surface area contributed by atoms with Gasteiger partial charge in [-0.2, -0.15) is 0 Å². The molecule has 0 bridgehead atoms. The van der Waals surface area contributed by atoms with Crippen LogP contribution in [-0.4, -0.2) is 32.1 Å². The molecule has 0 aliphatic heterocycles. The summed E-state index contributed by atoms with van der Waals surface area (Å²) in [6, 6.07) is 3.81. The van der Waals surface area contributed by atoms with Gasteiger partial charge in [0.05, 0.1) is 14.2 Å². The van der Waals surface area contributed by atoms with E-state index >= 15 is 0 Å². The molecule has 0 heterocycles. The van der Waals surface area contributed by atoms with Crippen LogP contribution in [-0.2, 0) is 14.3 Å². The molecule has 0 aliphatic rings. The molecule has 0 spiro atoms. The van der Waals surface area contributed by atoms with Gasteiger partial charge in [-0.1, -0.05) is 57.6 Å². The van der Waals surface area contributed by atoms with Crippen LogP contribution in [0.4, 0.5) is 0 Å². The predicted molar refractivity (Wildman–Crippen MR) is 149 cm³/mol. The number of ketones is 1. The molecule has 0 fully saturated rings. The molecule has 202 valence electrons. The van der Waals surface area contributed by atoms with Crippen LogP contribution in [0, 0.1) is 6.92 Å². The first kappa shape index (κ1) is 31.5. The first-order chi connectivity index (χ1) is 17.4. The second kappa shape index (κ2) is 19.6. The Morgan fingerprint density at radius 3 is 2.33 bits per heavy atom. The van der Waals surface area contributed by atoms with Crippen molar-refractivity contribution in [1.29, 1.82) is 0 Å². The van der Waals surface area contributed by atoms with Crippen molar-refractivity contribution in [3.63, 3.8) is 0 Å². The molecule has 1 aromatic rings. The van der Waals surface area contributed by atoms with Crippen molar-refractivity contribution in [2.24, 2.45) is 0 Å². The van der Waals surface area contributed by atoms with Crippen molar-refractivity contribution in [3.05, 3.63) is 41.5 Å². The molecule has 0 aliphatic carbocycles. The van der Waals surface area contributed by atoms with E-state index < -0.39 is 0 Å². The molecular weight excluding hydrogens is 452 g/mol. The van der Waals surface area contributed by atoms with Crippen molar-refractivity contribution in [2.45, 2.75) is 110 Å². The highest BCUT2D eigenvalue weighted by atomic mass is 16.5. The summed E-state index contributed by atoms with van der Waals surface area (Å²) in [5, 5.41) is 0. The number of carbonyl (C=O) groups is 2. The number of allylic oxidation sites excluding steroid dienone is 1. The highest BCUT2D eigenvalue weighted by Gasteiger charge is 2.12. The summed E-state index contributed by atoms with van der Waals surface area (Å²) in [6.07, 6.45) is 21.2. The number of hydrogen-bond donors (Lipinski definition) is 0. The van der Waals surface area contributed by atoms with E-state index in [1.54, 1.807) is 27.2 Å². The predicted octanol–water partition coefficient (Wildman–Crippen LogP) is 8.17. The van der Waals surface area contributed by atoms with Gasteiger partial charge in [-0.3, -0.25) is 0 Å². The first-order valence-corrected chi connectivity index (χ1v) is 13.7. The highest BCUT2D eigenvalue weighted by Crippen LogP contribution is 2.32. The molecule has 1 rings (SSSR count). The quantitative estimate of drug-likeness (QED) is 0.0782. The zero-order valence-corrected chi connectivity index (χ0v) is 23.3. The van der Waals surface area contributed by atoms with Crippen LogP contribution in [0.5, 0.6) is 11.5 Å². The van der Waals surface area contributed by atoms with Gasteiger partial charge in [-0.25, -0.2) is 4.79 Å². The lowest BCUT2D eigenvalue weighted by atomic mass is 10.1. The van der Waals surface area contributed by atoms with E-state index in [0.717, 1.165) is 56.1 Å². The zero-order chi connectivity index (χ0) is 26.6. The van der Waals surface area contributed by atoms with E-state index in [9.17, 15) is 9.59 Å². The van der Waals surface area contributed by atoms with E-state index in [1.165, 1.54) is 38.2 Å². The zero-order valence-electron chi connectivity index (χ0n) is 23.3. The first-order valence-electron chi connectivity index (χ1n) is 13.7. The molecule has 5 heteroatoms. The molecule has 0 N–H and O–H groups in total. The number of unbranched alkanes of at least 4 members (excludes halogenated alkanes) is 8. The number of carbonyl (C=O) groups excluding carboxylic acids is 2. The fraction of sp³-hybridized carbons (Fsp3) is 0.613. The monoisotopic (exact) mass is 500 g/mol. The lowest BCUT2D eigenvalue weighted by Gasteiger charge is -2.15. The average Bonchev–Trinajstić information content (AvgIpc) is 2.85. The number of aryl methyl sites for hydroxylation is 1. The molecule has 0 radical (unpaired) electrons. The number of esters is 1. The van der Waals surface area contributed by atoms with Crippen LogP contribution in [0.15, 0.2) is 30.4 Å². The second-order valence-electron chi connectivity index (χ2n) is 9.53. The Hall–Kier alpha value is -2.56. The topological polar surface area (TPSA) is 61.8 Å². The SMILES string of the molecule is CCCCCCC(C/C=C\CCCCCCCC(C)=O)OC(=O)/C=C/c1cc(C)c(OC)c(OC)c1. The lowest BCUT2D eigenvalue weighted by Crippen LogP contribution is -2.16. The maximum atomic E-state index is 12.6. The number of methoxy groups -OCH3 is 2. The summed E-state index contributed by atoms with van der Waals surface area (Å²) in [7, 11) is 3.22. The van der Waals surface area contributed by atoms with E-state index in [1.807, 2.05) is 19.1 Å². The summed E-state index contributed by atoms with van der Waals surface area (Å²) in [5.74, 6) is 1.31. The van der Waals surface area contributed by atoms with Gasteiger partial charge >= 0.3 is 5.97 Å². The van der Waals surface area contributed by atoms with Crippen LogP contribution in [0.3, 0.4) is 0 Å². The fourth-order valence-corrected chi connectivity index (χ4v) is 4.20. The lowest BCUT2D eigenvalue weighted by molar-refractivity contribution is -0.143. The van der Waals surface area contributed by atoms with Crippen LogP contribution in [0.1, 0.15) is 108 Å². The Bertz CT molecular complexity index is 824. The van der Waals surface area contributed by atoms with Gasteiger partial charge in [0.25, 0.3) is 0 Å². The van der Waals surface area contributed by atoms with E-state index in [2.05, 4.69) is 19.1 Å². The van der Waals surface area contributed by atoms with Gasteiger partial charge < -0.3 is 19.0 Å². The summed E-state index contributed by atoms with van der Waals surface area (Å²) < 4.78 is 16.6. The number of rotatable bonds is 20. The molecule has 0 aromatic heterocycles. The van der Waals surface area contributed by atoms with Crippen LogP contribution < -0.4 is 9.47 Å². The van der Waals surface area contributed by atoms with Gasteiger partial charge in [-0.05, 0) is 75.3 Å². The Kier molecular flexibility index (Phi) is 17.1. The minimum Gasteiger partial charge on any atom is -0.493 e. The van der Waals surface area contributed by atoms with Crippen LogP contribution in [0.2, 0.25) is 0 Å². The average molecular weight is 501 g/mol. The molecule has 0 amide bonds. The van der Waals surface area contributed by atoms with Crippen molar-refractivity contribution >= 4 is 17.8 Å². The molecule has 0 saturated carbocycles. The maximum absolute atomic E-state index is 12.6. The molecular formula is C31H48O5. The molecule has 1 atom stereocenters.